The van der Waals surface area contributed by atoms with Gasteiger partial charge in [-0.25, -0.2) is 9.97 Å². The summed E-state index contributed by atoms with van der Waals surface area (Å²) < 4.78 is 3.29. The van der Waals surface area contributed by atoms with Gasteiger partial charge in [-0.15, -0.1) is 0 Å². The summed E-state index contributed by atoms with van der Waals surface area (Å²) in [7, 11) is -1.44. The summed E-state index contributed by atoms with van der Waals surface area (Å²) in [4.78, 5) is 27.6. The molecule has 20 rings (SSSR count). The highest BCUT2D eigenvalue weighted by Crippen LogP contribution is 2.39. The second kappa shape index (κ2) is 29.0. The highest BCUT2D eigenvalue weighted by Gasteiger charge is 2.16. The number of hydrogen-bond acceptors (Lipinski definition) is 8. The van der Waals surface area contributed by atoms with Gasteiger partial charge in [0.05, 0.1) is 44.5 Å². The van der Waals surface area contributed by atoms with E-state index in [1.807, 2.05) is 109 Å². The van der Waals surface area contributed by atoms with E-state index >= 15 is 0 Å². The molecular weight excluding hydrogens is 1450 g/mol. The van der Waals surface area contributed by atoms with Crippen molar-refractivity contribution in [1.29, 1.82) is 0 Å². The summed E-state index contributed by atoms with van der Waals surface area (Å²) in [5, 5.41) is 40.2. The number of hydrogen-bond donors (Lipinski definition) is 2. The minimum Gasteiger partial charge on any atom is -0.423 e. The molecule has 0 amide bonds. The fraction of sp³-hybridized carbons (Fsp3) is 0. The Balaban J connectivity index is 0.000000108. The molecule has 6 aromatic heterocycles. The number of rotatable bonds is 4. The van der Waals surface area contributed by atoms with Gasteiger partial charge in [-0.2, -0.15) is 0 Å². The summed E-state index contributed by atoms with van der Waals surface area (Å²) >= 11 is 10.1. The van der Waals surface area contributed by atoms with Gasteiger partial charge in [0, 0.05) is 81.6 Å². The Kier molecular flexibility index (Phi) is 18.5. The summed E-state index contributed by atoms with van der Waals surface area (Å²) in [6.07, 6.45) is 7.25. The molecule has 20 aromatic rings. The van der Waals surface area contributed by atoms with Crippen molar-refractivity contribution in [1.82, 2.24) is 29.9 Å². The molecule has 2 N–H and O–H groups in total. The van der Waals surface area contributed by atoms with E-state index in [0.717, 1.165) is 118 Å². The van der Waals surface area contributed by atoms with E-state index in [0.29, 0.717) is 5.46 Å². The van der Waals surface area contributed by atoms with Gasteiger partial charge in [0.2, 0.25) is 0 Å². The minimum absolute atomic E-state index is 0.517. The molecule has 102 heavy (non-hydrogen) atoms. The van der Waals surface area contributed by atoms with Crippen molar-refractivity contribution in [3.8, 4) is 33.6 Å². The predicted octanol–water partition coefficient (Wildman–Crippen LogP) is 23.6. The van der Waals surface area contributed by atoms with Crippen LogP contribution in [0.2, 0.25) is 0 Å². The number of nitrogens with zero attached hydrogens (tertiary/aromatic N) is 6. The lowest BCUT2D eigenvalue weighted by molar-refractivity contribution is 0.426. The molecule has 6 heterocycles. The molecule has 0 saturated heterocycles. The van der Waals surface area contributed by atoms with Crippen LogP contribution in [-0.4, -0.2) is 47.1 Å². The molecule has 0 aliphatic carbocycles. The van der Waals surface area contributed by atoms with Crippen LogP contribution in [0.15, 0.2) is 354 Å². The number of aromatic nitrogens is 6. The molecule has 0 saturated carbocycles. The monoisotopic (exact) mass is 1500 g/mol. The summed E-state index contributed by atoms with van der Waals surface area (Å²) in [6.45, 7) is 0. The van der Waals surface area contributed by atoms with Crippen LogP contribution in [0.5, 0.6) is 0 Å². The second-order valence-corrected chi connectivity index (χ2v) is 27.4. The lowest BCUT2D eigenvalue weighted by Gasteiger charge is -2.12. The van der Waals surface area contributed by atoms with Crippen LogP contribution in [0.25, 0.3) is 164 Å². The second-order valence-electron chi connectivity index (χ2n) is 24.7. The largest absolute Gasteiger partial charge is 0.488 e. The van der Waals surface area contributed by atoms with Crippen molar-refractivity contribution in [2.24, 2.45) is 0 Å². The first-order chi connectivity index (χ1) is 50.1. The van der Waals surface area contributed by atoms with Crippen LogP contribution in [0.1, 0.15) is 0 Å². The number of pyridine rings is 6. The molecule has 0 radical (unpaired) electrons. The van der Waals surface area contributed by atoms with E-state index in [4.69, 9.17) is 9.97 Å². The molecule has 0 spiro atoms. The third kappa shape index (κ3) is 13.3. The molecule has 14 aromatic carbocycles. The lowest BCUT2D eigenvalue weighted by atomic mass is 9.78. The summed E-state index contributed by atoms with van der Waals surface area (Å²) in [5.41, 5.74) is 12.8. The number of fused-ring (bicyclic) bond motifs is 21. The zero-order chi connectivity index (χ0) is 69.0. The highest BCUT2D eigenvalue weighted by atomic mass is 79.9. The SMILES string of the molecule is Brc1ccc(-c2ccc3ccc4cccnc4c3n2)cc1.Brc1ccc(Br)cc1.OB(O)c1ccc2c3ccccc3c3ccccc3c2c1.c1cnc2c(c1)ccc1ccc(-c3ccc(-c4ccc5c6ccccc6c6ccccc6c5c4)cc3)nc12.c1cnc2c(c1)ccc1cccnc12. The first-order valence-electron chi connectivity index (χ1n) is 33.3. The van der Waals surface area contributed by atoms with Gasteiger partial charge in [-0.1, -0.05) is 284 Å². The third-order valence-electron chi connectivity index (χ3n) is 18.5. The van der Waals surface area contributed by atoms with E-state index in [2.05, 4.69) is 280 Å². The highest BCUT2D eigenvalue weighted by molar-refractivity contribution is 9.11. The maximum atomic E-state index is 9.42. The van der Waals surface area contributed by atoms with E-state index in [1.165, 1.54) is 59.6 Å². The Labute approximate surface area is 612 Å². The predicted molar refractivity (Wildman–Crippen MR) is 438 cm³/mol. The maximum Gasteiger partial charge on any atom is 0.488 e. The van der Waals surface area contributed by atoms with Crippen LogP contribution in [-0.2, 0) is 0 Å². The van der Waals surface area contributed by atoms with E-state index in [-0.39, 0.29) is 0 Å². The molecular formula is C90H58BBr3N6O2. The van der Waals surface area contributed by atoms with Crippen molar-refractivity contribution in [3.63, 3.8) is 0 Å². The van der Waals surface area contributed by atoms with Crippen molar-refractivity contribution in [2.75, 3.05) is 0 Å². The van der Waals surface area contributed by atoms with Crippen LogP contribution in [0.3, 0.4) is 0 Å². The zero-order valence-electron chi connectivity index (χ0n) is 54.6. The molecule has 12 heteroatoms. The van der Waals surface area contributed by atoms with Gasteiger partial charge in [0.1, 0.15) is 0 Å². The van der Waals surface area contributed by atoms with Crippen molar-refractivity contribution < 1.29 is 10.0 Å². The first-order valence-corrected chi connectivity index (χ1v) is 35.7. The van der Waals surface area contributed by atoms with Crippen molar-refractivity contribution in [3.05, 3.63) is 354 Å². The fourth-order valence-electron chi connectivity index (χ4n) is 13.5. The average molecular weight is 1510 g/mol. The molecule has 0 unspecified atom stereocenters. The fourth-order valence-corrected chi connectivity index (χ4v) is 14.3. The summed E-state index contributed by atoms with van der Waals surface area (Å²) in [6, 6.07) is 108. The zero-order valence-corrected chi connectivity index (χ0v) is 59.4. The topological polar surface area (TPSA) is 118 Å². The van der Waals surface area contributed by atoms with E-state index in [9.17, 15) is 10.0 Å². The van der Waals surface area contributed by atoms with Crippen molar-refractivity contribution in [2.45, 2.75) is 0 Å². The van der Waals surface area contributed by atoms with Crippen LogP contribution < -0.4 is 5.46 Å². The van der Waals surface area contributed by atoms with Crippen molar-refractivity contribution >= 4 is 190 Å². The van der Waals surface area contributed by atoms with Gasteiger partial charge in [0.15, 0.2) is 0 Å². The normalized spacial score (nSPS) is 11.2. The molecule has 0 aliphatic heterocycles. The smallest absolute Gasteiger partial charge is 0.423 e. The standard InChI is InChI=1S/C36H22N2.C18H13BO2.C18H11BrN2.C12H8N2.C6H4Br2/c1-2-9-30-28(7-1)29-8-3-4-10-31(29)33-22-27(17-19-32(30)33)23-11-13-24(14-12-23)34-20-18-26-16-15-25-6-5-21-37-35(25)36(26)38-34;20-19(21)12-9-10-17-15-7-2-1-5-13(15)14-6-3-4-8-16(14)18(17)11-12;19-15-8-5-12(6-9-15)16-10-7-14-4-3-13-2-1-11-20-17(13)18(14)21-16;1-3-9-5-6-10-4-2-8-14-12(10)11(9)13-7-1;7-5-1-2-6(8)4-3-5/h1-22H;1-11,20-21H;1-11H;1-8H;1-4H. The quantitative estimate of drug-likeness (QED) is 0.132. The molecule has 8 nitrogen and oxygen atoms in total. The Hall–Kier alpha value is -11.5. The Morgan fingerprint density at radius 1 is 0.216 bits per heavy atom. The maximum absolute atomic E-state index is 9.42. The van der Waals surface area contributed by atoms with E-state index < -0.39 is 7.12 Å². The van der Waals surface area contributed by atoms with Gasteiger partial charge in [-0.3, -0.25) is 19.9 Å². The van der Waals surface area contributed by atoms with Crippen LogP contribution in [0, 0.1) is 0 Å². The molecule has 0 bridgehead atoms. The van der Waals surface area contributed by atoms with Gasteiger partial charge < -0.3 is 10.0 Å². The van der Waals surface area contributed by atoms with Crippen LogP contribution in [0.4, 0.5) is 0 Å². The lowest BCUT2D eigenvalue weighted by Crippen LogP contribution is -2.29. The van der Waals surface area contributed by atoms with E-state index in [1.54, 1.807) is 18.5 Å². The van der Waals surface area contributed by atoms with Gasteiger partial charge >= 0.3 is 7.12 Å². The molecule has 484 valence electrons. The molecule has 0 atom stereocenters. The third-order valence-corrected chi connectivity index (χ3v) is 20.1. The van der Waals surface area contributed by atoms with Gasteiger partial charge in [0.25, 0.3) is 0 Å². The minimum atomic E-state index is -1.44. The first kappa shape index (κ1) is 65.2. The Morgan fingerprint density at radius 2 is 0.480 bits per heavy atom. The molecule has 0 aliphatic rings. The summed E-state index contributed by atoms with van der Waals surface area (Å²) in [5.74, 6) is 0. The number of benzene rings is 14. The van der Waals surface area contributed by atoms with Crippen LogP contribution >= 0.6 is 47.8 Å². The van der Waals surface area contributed by atoms with Gasteiger partial charge in [-0.05, 0) is 160 Å². The molecule has 0 fully saturated rings. The Morgan fingerprint density at radius 3 is 0.843 bits per heavy atom. The number of halogens is 3. The average Bonchev–Trinajstić information content (AvgIpc) is 0.756. The Bertz CT molecular complexity index is 6400.